The second kappa shape index (κ2) is 10.4. The predicted molar refractivity (Wildman–Crippen MR) is 128 cm³/mol. The summed E-state index contributed by atoms with van der Waals surface area (Å²) in [6, 6.07) is 19.5. The Hall–Kier alpha value is -3.84. The molecule has 7 nitrogen and oxygen atoms in total. The monoisotopic (exact) mass is 460 g/mol. The molecule has 1 N–H and O–H groups in total. The van der Waals surface area contributed by atoms with Crippen LogP contribution >= 0.6 is 0 Å². The Balaban J connectivity index is 1.59. The molecule has 1 unspecified atom stereocenters. The van der Waals surface area contributed by atoms with Crippen molar-refractivity contribution in [3.8, 4) is 5.75 Å². The number of furan rings is 1. The molecule has 7 heteroatoms. The van der Waals surface area contributed by atoms with Gasteiger partial charge in [0.05, 0.1) is 17.9 Å². The summed E-state index contributed by atoms with van der Waals surface area (Å²) in [4.78, 5) is 29.7. The zero-order valence-electron chi connectivity index (χ0n) is 19.3. The van der Waals surface area contributed by atoms with Gasteiger partial charge in [0.15, 0.2) is 11.5 Å². The van der Waals surface area contributed by atoms with Crippen LogP contribution in [-0.4, -0.2) is 53.8 Å². The Morgan fingerprint density at radius 3 is 2.44 bits per heavy atom. The summed E-state index contributed by atoms with van der Waals surface area (Å²) < 4.78 is 11.1. The van der Waals surface area contributed by atoms with Crippen LogP contribution in [0.4, 0.5) is 0 Å². The third kappa shape index (κ3) is 5.05. The number of nitrogens with zero attached hydrogens (tertiary/aromatic N) is 2. The van der Waals surface area contributed by atoms with Crippen LogP contribution in [0, 0.1) is 0 Å². The number of amides is 1. The summed E-state index contributed by atoms with van der Waals surface area (Å²) in [7, 11) is 3.91. The topological polar surface area (TPSA) is 83.2 Å². The van der Waals surface area contributed by atoms with Crippen molar-refractivity contribution in [2.75, 3.05) is 27.2 Å². The van der Waals surface area contributed by atoms with Gasteiger partial charge < -0.3 is 24.1 Å². The van der Waals surface area contributed by atoms with Crippen LogP contribution in [-0.2, 0) is 11.4 Å². The van der Waals surface area contributed by atoms with Crippen molar-refractivity contribution >= 4 is 11.7 Å². The minimum atomic E-state index is -0.713. The number of aliphatic hydroxyl groups is 1. The first kappa shape index (κ1) is 23.3. The van der Waals surface area contributed by atoms with Crippen molar-refractivity contribution in [1.82, 2.24) is 9.80 Å². The van der Waals surface area contributed by atoms with Crippen LogP contribution in [0.3, 0.4) is 0 Å². The number of ketones is 1. The number of Topliss-reactive ketones (excluding diaryl/α,β-unsaturated/α-hetero) is 1. The largest absolute Gasteiger partial charge is 0.503 e. The van der Waals surface area contributed by atoms with Gasteiger partial charge in [-0.3, -0.25) is 9.59 Å². The lowest BCUT2D eigenvalue weighted by Crippen LogP contribution is -2.33. The van der Waals surface area contributed by atoms with Crippen molar-refractivity contribution in [2.45, 2.75) is 19.1 Å². The van der Waals surface area contributed by atoms with Gasteiger partial charge in [-0.05, 0) is 62.5 Å². The van der Waals surface area contributed by atoms with E-state index in [1.165, 1.54) is 12.3 Å². The highest BCUT2D eigenvalue weighted by Crippen LogP contribution is 2.39. The maximum absolute atomic E-state index is 13.2. The van der Waals surface area contributed by atoms with Crippen molar-refractivity contribution in [3.05, 3.63) is 101 Å². The zero-order valence-corrected chi connectivity index (χ0v) is 19.3. The molecule has 1 atom stereocenters. The van der Waals surface area contributed by atoms with E-state index in [1.807, 2.05) is 73.6 Å². The molecule has 1 amide bonds. The maximum Gasteiger partial charge on any atom is 0.290 e. The molecule has 0 radical (unpaired) electrons. The SMILES string of the molecule is CN(C)CCCN1C(=O)C(O)=C(C(=O)c2ccco2)C1c1ccc(OCc2ccccc2)cc1. The quantitative estimate of drug-likeness (QED) is 0.452. The molecule has 0 fully saturated rings. The van der Waals surface area contributed by atoms with Gasteiger partial charge in [0, 0.05) is 6.54 Å². The third-order valence-corrected chi connectivity index (χ3v) is 5.74. The predicted octanol–water partition coefficient (Wildman–Crippen LogP) is 4.39. The summed E-state index contributed by atoms with van der Waals surface area (Å²) in [5.41, 5.74) is 1.80. The molecule has 1 aliphatic heterocycles. The third-order valence-electron chi connectivity index (χ3n) is 5.74. The average molecular weight is 461 g/mol. The second-order valence-corrected chi connectivity index (χ2v) is 8.47. The number of carbonyl (C=O) groups is 2. The van der Waals surface area contributed by atoms with Gasteiger partial charge in [-0.2, -0.15) is 0 Å². The van der Waals surface area contributed by atoms with Crippen molar-refractivity contribution in [2.24, 2.45) is 0 Å². The molecule has 0 saturated carbocycles. The number of hydrogen-bond donors (Lipinski definition) is 1. The molecule has 3 aromatic rings. The van der Waals surface area contributed by atoms with E-state index >= 15 is 0 Å². The van der Waals surface area contributed by atoms with Gasteiger partial charge in [0.1, 0.15) is 12.4 Å². The standard InChI is InChI=1S/C27H28N2O5/c1-28(2)15-7-16-29-24(23(26(31)27(29)32)25(30)22-10-6-17-33-22)20-11-13-21(14-12-20)34-18-19-8-4-3-5-9-19/h3-6,8-14,17,24,31H,7,15-16,18H2,1-2H3. The molecule has 4 rings (SSSR count). The smallest absolute Gasteiger partial charge is 0.290 e. The second-order valence-electron chi connectivity index (χ2n) is 8.47. The van der Waals surface area contributed by atoms with E-state index < -0.39 is 23.5 Å². The lowest BCUT2D eigenvalue weighted by Gasteiger charge is -2.27. The molecule has 1 aromatic heterocycles. The van der Waals surface area contributed by atoms with Gasteiger partial charge in [-0.25, -0.2) is 0 Å². The first-order valence-corrected chi connectivity index (χ1v) is 11.2. The van der Waals surface area contributed by atoms with E-state index in [4.69, 9.17) is 9.15 Å². The highest BCUT2D eigenvalue weighted by atomic mass is 16.5. The summed E-state index contributed by atoms with van der Waals surface area (Å²) in [5, 5.41) is 10.7. The highest BCUT2D eigenvalue weighted by molar-refractivity contribution is 6.15. The fraction of sp³-hybridized carbons (Fsp3) is 0.259. The van der Waals surface area contributed by atoms with Gasteiger partial charge >= 0.3 is 0 Å². The van der Waals surface area contributed by atoms with Gasteiger partial charge in [-0.1, -0.05) is 42.5 Å². The van der Waals surface area contributed by atoms with Crippen LogP contribution in [0.5, 0.6) is 5.75 Å². The Labute approximate surface area is 198 Å². The molecule has 176 valence electrons. The lowest BCUT2D eigenvalue weighted by molar-refractivity contribution is -0.129. The number of benzene rings is 2. The fourth-order valence-corrected chi connectivity index (χ4v) is 4.05. The van der Waals surface area contributed by atoms with E-state index in [-0.39, 0.29) is 11.3 Å². The molecule has 2 heterocycles. The van der Waals surface area contributed by atoms with Crippen LogP contribution < -0.4 is 4.74 Å². The lowest BCUT2D eigenvalue weighted by atomic mass is 9.95. The van der Waals surface area contributed by atoms with Crippen LogP contribution in [0.15, 0.2) is 88.7 Å². The molecule has 1 aliphatic rings. The number of aliphatic hydroxyl groups excluding tert-OH is 1. The molecular weight excluding hydrogens is 432 g/mol. The minimum absolute atomic E-state index is 0.0303. The molecule has 0 bridgehead atoms. The van der Waals surface area contributed by atoms with Crippen molar-refractivity contribution in [1.29, 1.82) is 0 Å². The molecule has 0 spiro atoms. The van der Waals surface area contributed by atoms with Crippen LogP contribution in [0.1, 0.15) is 34.1 Å². The van der Waals surface area contributed by atoms with E-state index in [1.54, 1.807) is 11.0 Å². The van der Waals surface area contributed by atoms with Gasteiger partial charge in [0.25, 0.3) is 5.91 Å². The summed E-state index contributed by atoms with van der Waals surface area (Å²) in [6.07, 6.45) is 2.09. The number of carbonyl (C=O) groups excluding carboxylic acids is 2. The van der Waals surface area contributed by atoms with E-state index in [2.05, 4.69) is 0 Å². The summed E-state index contributed by atoms with van der Waals surface area (Å²) in [5.74, 6) is -0.829. The van der Waals surface area contributed by atoms with Gasteiger partial charge in [0.2, 0.25) is 5.78 Å². The van der Waals surface area contributed by atoms with Crippen molar-refractivity contribution in [3.63, 3.8) is 0 Å². The summed E-state index contributed by atoms with van der Waals surface area (Å²) in [6.45, 7) is 1.60. The normalized spacial score (nSPS) is 15.9. The number of rotatable bonds is 10. The first-order chi connectivity index (χ1) is 16.5. The molecule has 0 aliphatic carbocycles. The number of hydrogen-bond acceptors (Lipinski definition) is 6. The molecule has 34 heavy (non-hydrogen) atoms. The highest BCUT2D eigenvalue weighted by Gasteiger charge is 2.44. The van der Waals surface area contributed by atoms with E-state index in [0.29, 0.717) is 30.9 Å². The van der Waals surface area contributed by atoms with Crippen molar-refractivity contribution < 1.29 is 23.8 Å². The fourth-order valence-electron chi connectivity index (χ4n) is 4.05. The van der Waals surface area contributed by atoms with E-state index in [9.17, 15) is 14.7 Å². The Bertz CT molecular complexity index is 1150. The maximum atomic E-state index is 13.2. The van der Waals surface area contributed by atoms with Gasteiger partial charge in [-0.15, -0.1) is 0 Å². The number of ether oxygens (including phenoxy) is 1. The van der Waals surface area contributed by atoms with Crippen LogP contribution in [0.2, 0.25) is 0 Å². The molecule has 2 aromatic carbocycles. The minimum Gasteiger partial charge on any atom is -0.503 e. The molecular formula is C27H28N2O5. The zero-order chi connectivity index (χ0) is 24.1. The Kier molecular flexibility index (Phi) is 7.13. The summed E-state index contributed by atoms with van der Waals surface area (Å²) >= 11 is 0. The Morgan fingerprint density at radius 1 is 1.06 bits per heavy atom. The average Bonchev–Trinajstić information content (AvgIpc) is 3.46. The first-order valence-electron chi connectivity index (χ1n) is 11.2. The van der Waals surface area contributed by atoms with Crippen LogP contribution in [0.25, 0.3) is 0 Å². The van der Waals surface area contributed by atoms with E-state index in [0.717, 1.165) is 12.1 Å². The molecule has 0 saturated heterocycles. The Morgan fingerprint density at radius 2 is 1.79 bits per heavy atom.